The first-order chi connectivity index (χ1) is 4.31. The topological polar surface area (TPSA) is 0 Å². The zero-order valence-corrected chi connectivity index (χ0v) is 7.40. The summed E-state index contributed by atoms with van der Waals surface area (Å²) in [6.07, 6.45) is 4.84. The Morgan fingerprint density at radius 1 is 1.67 bits per heavy atom. The molecular weight excluding hydrogens is 176 g/mol. The van der Waals surface area contributed by atoms with Crippen LogP contribution in [0.3, 0.4) is 0 Å². The summed E-state index contributed by atoms with van der Waals surface area (Å²) in [6, 6.07) is 0. The van der Waals surface area contributed by atoms with Gasteiger partial charge in [-0.2, -0.15) is 0 Å². The van der Waals surface area contributed by atoms with Crippen molar-refractivity contribution in [2.75, 3.05) is 0 Å². The molecule has 0 N–H and O–H groups in total. The predicted octanol–water partition coefficient (Wildman–Crippen LogP) is 2.74. The molecule has 9 heavy (non-hydrogen) atoms. The van der Waals surface area contributed by atoms with E-state index in [2.05, 4.69) is 34.7 Å². The van der Waals surface area contributed by atoms with E-state index in [9.17, 15) is 0 Å². The highest BCUT2D eigenvalue weighted by molar-refractivity contribution is 9.09. The van der Waals surface area contributed by atoms with Crippen molar-refractivity contribution in [1.29, 1.82) is 0 Å². The summed E-state index contributed by atoms with van der Waals surface area (Å²) in [5, 5.41) is 0. The van der Waals surface area contributed by atoms with Crippen molar-refractivity contribution in [3.8, 4) is 11.8 Å². The van der Waals surface area contributed by atoms with Crippen molar-refractivity contribution < 1.29 is 0 Å². The van der Waals surface area contributed by atoms with Crippen LogP contribution in [0.15, 0.2) is 12.2 Å². The van der Waals surface area contributed by atoms with Gasteiger partial charge in [-0.3, -0.25) is 0 Å². The lowest BCUT2D eigenvalue weighted by molar-refractivity contribution is 1.02. The third-order valence-corrected chi connectivity index (χ3v) is 1.72. The van der Waals surface area contributed by atoms with Gasteiger partial charge in [0, 0.05) is 0 Å². The van der Waals surface area contributed by atoms with Gasteiger partial charge < -0.3 is 0 Å². The first-order valence-electron chi connectivity index (χ1n) is 3.07. The van der Waals surface area contributed by atoms with Crippen LogP contribution in [0.2, 0.25) is 0 Å². The van der Waals surface area contributed by atoms with E-state index in [0.29, 0.717) is 4.83 Å². The normalized spacial score (nSPS) is 12.8. The Morgan fingerprint density at radius 2 is 2.33 bits per heavy atom. The molecule has 0 rings (SSSR count). The third kappa shape index (κ3) is 5.65. The summed E-state index contributed by atoms with van der Waals surface area (Å²) in [6.45, 7) is 4.06. The van der Waals surface area contributed by atoms with Gasteiger partial charge in [0.05, 0.1) is 4.83 Å². The summed E-state index contributed by atoms with van der Waals surface area (Å²) in [5.74, 6) is 5.92. The maximum Gasteiger partial charge on any atom is 0.0755 e. The zero-order chi connectivity index (χ0) is 7.11. The van der Waals surface area contributed by atoms with Gasteiger partial charge in [0.1, 0.15) is 0 Å². The number of allylic oxidation sites excluding steroid dienone is 2. The number of halogens is 1. The molecule has 0 aliphatic rings. The average Bonchev–Trinajstić information content (AvgIpc) is 1.89. The average molecular weight is 187 g/mol. The maximum absolute atomic E-state index is 3.40. The summed E-state index contributed by atoms with van der Waals surface area (Å²) in [5.41, 5.74) is 0. The van der Waals surface area contributed by atoms with Crippen LogP contribution in [0, 0.1) is 11.8 Å². The second kappa shape index (κ2) is 5.91. The van der Waals surface area contributed by atoms with E-state index >= 15 is 0 Å². The Morgan fingerprint density at radius 3 is 2.78 bits per heavy atom. The van der Waals surface area contributed by atoms with Crippen molar-refractivity contribution >= 4 is 15.9 Å². The predicted molar refractivity (Wildman–Crippen MR) is 45.6 cm³/mol. The Labute approximate surface area is 65.5 Å². The van der Waals surface area contributed by atoms with E-state index < -0.39 is 0 Å². The first-order valence-corrected chi connectivity index (χ1v) is 3.99. The standard InChI is InChI=1S/C8H11Br/c1-3-5-6-7-8(9)4-2/h3,5,8H,4H2,1-2H3/b5-3-. The summed E-state index contributed by atoms with van der Waals surface area (Å²) >= 11 is 3.40. The van der Waals surface area contributed by atoms with E-state index in [-0.39, 0.29) is 0 Å². The molecule has 0 amide bonds. The molecule has 0 aliphatic heterocycles. The number of rotatable bonds is 1. The van der Waals surface area contributed by atoms with Crippen molar-refractivity contribution in [2.45, 2.75) is 25.1 Å². The molecule has 0 aromatic heterocycles. The third-order valence-electron chi connectivity index (χ3n) is 0.848. The van der Waals surface area contributed by atoms with Crippen molar-refractivity contribution in [3.63, 3.8) is 0 Å². The van der Waals surface area contributed by atoms with Crippen LogP contribution in [0.25, 0.3) is 0 Å². The lowest BCUT2D eigenvalue weighted by atomic mass is 10.3. The highest BCUT2D eigenvalue weighted by Crippen LogP contribution is 2.00. The van der Waals surface area contributed by atoms with E-state index in [1.54, 1.807) is 0 Å². The monoisotopic (exact) mass is 186 g/mol. The van der Waals surface area contributed by atoms with Gasteiger partial charge >= 0.3 is 0 Å². The first kappa shape index (κ1) is 8.78. The molecule has 0 spiro atoms. The molecule has 0 aromatic carbocycles. The Kier molecular flexibility index (Phi) is 5.76. The fourth-order valence-corrected chi connectivity index (χ4v) is 0.456. The van der Waals surface area contributed by atoms with Crippen LogP contribution < -0.4 is 0 Å². The second-order valence-electron chi connectivity index (χ2n) is 1.66. The molecule has 0 saturated heterocycles. The molecule has 0 bridgehead atoms. The Hall–Kier alpha value is -0.220. The largest absolute Gasteiger partial charge is 0.0835 e. The highest BCUT2D eigenvalue weighted by Gasteiger charge is 1.89. The minimum atomic E-state index is 0.355. The molecule has 0 aromatic rings. The number of hydrogen-bond acceptors (Lipinski definition) is 0. The molecule has 0 heterocycles. The van der Waals surface area contributed by atoms with Gasteiger partial charge in [-0.05, 0) is 19.4 Å². The number of alkyl halides is 1. The summed E-state index contributed by atoms with van der Waals surface area (Å²) < 4.78 is 0. The fraction of sp³-hybridized carbons (Fsp3) is 0.500. The molecular formula is C8H11Br. The van der Waals surface area contributed by atoms with Gasteiger partial charge in [-0.25, -0.2) is 0 Å². The quantitative estimate of drug-likeness (QED) is 0.437. The van der Waals surface area contributed by atoms with Gasteiger partial charge in [0.15, 0.2) is 0 Å². The maximum atomic E-state index is 3.40. The Bertz CT molecular complexity index is 136. The van der Waals surface area contributed by atoms with Gasteiger partial charge in [-0.15, -0.1) is 0 Å². The molecule has 0 fully saturated rings. The van der Waals surface area contributed by atoms with Crippen molar-refractivity contribution in [1.82, 2.24) is 0 Å². The van der Waals surface area contributed by atoms with Gasteiger partial charge in [0.25, 0.3) is 0 Å². The molecule has 1 heteroatoms. The molecule has 0 nitrogen and oxygen atoms in total. The fourth-order valence-electron chi connectivity index (χ4n) is 0.324. The van der Waals surface area contributed by atoms with E-state index in [1.807, 2.05) is 19.1 Å². The molecule has 0 aliphatic carbocycles. The Balaban J connectivity index is 3.58. The molecule has 1 atom stereocenters. The van der Waals surface area contributed by atoms with E-state index in [4.69, 9.17) is 0 Å². The molecule has 1 unspecified atom stereocenters. The lowest BCUT2D eigenvalue weighted by Gasteiger charge is -1.89. The molecule has 0 radical (unpaired) electrons. The van der Waals surface area contributed by atoms with Crippen LogP contribution in [0.1, 0.15) is 20.3 Å². The van der Waals surface area contributed by atoms with Crippen LogP contribution in [0.5, 0.6) is 0 Å². The number of hydrogen-bond donors (Lipinski definition) is 0. The van der Waals surface area contributed by atoms with Crippen molar-refractivity contribution in [2.24, 2.45) is 0 Å². The van der Waals surface area contributed by atoms with Crippen LogP contribution in [0.4, 0.5) is 0 Å². The second-order valence-corrected chi connectivity index (χ2v) is 2.77. The molecule has 50 valence electrons. The summed E-state index contributed by atoms with van der Waals surface area (Å²) in [4.78, 5) is 0.355. The van der Waals surface area contributed by atoms with Crippen LogP contribution in [-0.4, -0.2) is 4.83 Å². The SMILES string of the molecule is C/C=C\C#CC(Br)CC. The van der Waals surface area contributed by atoms with Crippen LogP contribution >= 0.6 is 15.9 Å². The van der Waals surface area contributed by atoms with Crippen molar-refractivity contribution in [3.05, 3.63) is 12.2 Å². The van der Waals surface area contributed by atoms with Gasteiger partial charge in [-0.1, -0.05) is 40.8 Å². The summed E-state index contributed by atoms with van der Waals surface area (Å²) in [7, 11) is 0. The zero-order valence-electron chi connectivity index (χ0n) is 5.82. The van der Waals surface area contributed by atoms with E-state index in [0.717, 1.165) is 6.42 Å². The van der Waals surface area contributed by atoms with Gasteiger partial charge in [0.2, 0.25) is 0 Å². The minimum absolute atomic E-state index is 0.355. The minimum Gasteiger partial charge on any atom is -0.0835 e. The lowest BCUT2D eigenvalue weighted by Crippen LogP contribution is -1.86. The molecule has 0 saturated carbocycles. The van der Waals surface area contributed by atoms with E-state index in [1.165, 1.54) is 0 Å². The van der Waals surface area contributed by atoms with Crippen LogP contribution in [-0.2, 0) is 0 Å². The smallest absolute Gasteiger partial charge is 0.0755 e. The highest BCUT2D eigenvalue weighted by atomic mass is 79.9.